The molecule has 0 radical (unpaired) electrons. The van der Waals surface area contributed by atoms with Crippen molar-refractivity contribution in [3.8, 4) is 0 Å². The van der Waals surface area contributed by atoms with Gasteiger partial charge in [-0.05, 0) is 55.3 Å². The number of halogens is 2. The van der Waals surface area contributed by atoms with Gasteiger partial charge in [0.1, 0.15) is 12.6 Å². The third-order valence-corrected chi connectivity index (χ3v) is 7.07. The van der Waals surface area contributed by atoms with E-state index in [-0.39, 0.29) is 12.5 Å². The van der Waals surface area contributed by atoms with Crippen LogP contribution in [0.25, 0.3) is 0 Å². The van der Waals surface area contributed by atoms with E-state index in [1.165, 1.54) is 11.9 Å². The van der Waals surface area contributed by atoms with Gasteiger partial charge in [-0.3, -0.25) is 13.9 Å². The van der Waals surface area contributed by atoms with Crippen LogP contribution in [0.4, 0.5) is 5.69 Å². The minimum atomic E-state index is -3.75. The Bertz CT molecular complexity index is 1060. The smallest absolute Gasteiger partial charge is 0.244 e. The summed E-state index contributed by atoms with van der Waals surface area (Å²) in [7, 11) is -2.27. The van der Waals surface area contributed by atoms with Crippen molar-refractivity contribution >= 4 is 55.1 Å². The Kier molecular flexibility index (Phi) is 8.50. The van der Waals surface area contributed by atoms with E-state index >= 15 is 0 Å². The normalized spacial score (nSPS) is 12.2. The predicted octanol–water partition coefficient (Wildman–Crippen LogP) is 3.34. The number of likely N-dealkylation sites (N-methyl/N-ethyl adjacent to an activating group) is 1. The highest BCUT2D eigenvalue weighted by molar-refractivity contribution is 9.10. The van der Waals surface area contributed by atoms with E-state index in [1.807, 2.05) is 6.92 Å². The van der Waals surface area contributed by atoms with E-state index in [4.69, 9.17) is 11.6 Å². The molecular formula is C21H25BrClN3O4S. The molecule has 2 aromatic carbocycles. The molecule has 0 spiro atoms. The highest BCUT2D eigenvalue weighted by Gasteiger charge is 2.29. The first-order valence-corrected chi connectivity index (χ1v) is 12.5. The van der Waals surface area contributed by atoms with Gasteiger partial charge in [0, 0.05) is 23.1 Å². The molecule has 2 amide bonds. The first-order valence-electron chi connectivity index (χ1n) is 9.43. The van der Waals surface area contributed by atoms with Crippen LogP contribution in [0.15, 0.2) is 46.9 Å². The summed E-state index contributed by atoms with van der Waals surface area (Å²) < 4.78 is 26.9. The van der Waals surface area contributed by atoms with Crippen molar-refractivity contribution in [2.24, 2.45) is 0 Å². The molecule has 2 aromatic rings. The molecule has 31 heavy (non-hydrogen) atoms. The van der Waals surface area contributed by atoms with Crippen LogP contribution in [0.1, 0.15) is 18.1 Å². The molecule has 0 aliphatic carbocycles. The summed E-state index contributed by atoms with van der Waals surface area (Å²) >= 11 is 9.33. The zero-order valence-electron chi connectivity index (χ0n) is 17.7. The number of aryl methyl sites for hydroxylation is 1. The number of carbonyl (C=O) groups is 2. The van der Waals surface area contributed by atoms with E-state index in [0.717, 1.165) is 26.2 Å². The number of hydrogen-bond donors (Lipinski definition) is 1. The fourth-order valence-corrected chi connectivity index (χ4v) is 4.19. The van der Waals surface area contributed by atoms with E-state index in [2.05, 4.69) is 21.2 Å². The summed E-state index contributed by atoms with van der Waals surface area (Å²) in [6, 6.07) is 11.1. The summed E-state index contributed by atoms with van der Waals surface area (Å²) in [6.07, 6.45) is 1.05. The number of rotatable bonds is 8. The summed E-state index contributed by atoms with van der Waals surface area (Å²) in [4.78, 5) is 26.9. The summed E-state index contributed by atoms with van der Waals surface area (Å²) in [5.41, 5.74) is 1.96. The lowest BCUT2D eigenvalue weighted by atomic mass is 10.1. The van der Waals surface area contributed by atoms with Crippen molar-refractivity contribution in [3.05, 3.63) is 63.1 Å². The molecule has 1 N–H and O–H groups in total. The molecule has 0 aromatic heterocycles. The molecule has 0 aliphatic heterocycles. The van der Waals surface area contributed by atoms with E-state index in [0.29, 0.717) is 10.7 Å². The van der Waals surface area contributed by atoms with Crippen LogP contribution in [-0.4, -0.2) is 51.0 Å². The minimum absolute atomic E-state index is 0.127. The zero-order valence-corrected chi connectivity index (χ0v) is 20.9. The van der Waals surface area contributed by atoms with Crippen molar-refractivity contribution < 1.29 is 18.0 Å². The average molecular weight is 531 g/mol. The SMILES string of the molecule is CNC(=O)[C@H](C)N(Cc1ccc(Cl)cc1)C(=O)CN(c1ccc(Br)c(C)c1)S(C)(=O)=O. The van der Waals surface area contributed by atoms with Crippen LogP contribution < -0.4 is 9.62 Å². The molecule has 0 saturated carbocycles. The molecule has 0 fully saturated rings. The molecule has 2 rings (SSSR count). The van der Waals surface area contributed by atoms with Crippen LogP contribution in [0.2, 0.25) is 5.02 Å². The Morgan fingerprint density at radius 2 is 1.77 bits per heavy atom. The maximum absolute atomic E-state index is 13.3. The third kappa shape index (κ3) is 6.69. The number of amides is 2. The van der Waals surface area contributed by atoms with Gasteiger partial charge in [0.2, 0.25) is 21.8 Å². The standard InChI is InChI=1S/C21H25BrClN3O4S/c1-14-11-18(9-10-19(14)22)26(31(4,29)30)13-20(27)25(15(2)21(28)24-3)12-16-5-7-17(23)8-6-16/h5-11,15H,12-13H2,1-4H3,(H,24,28)/t15-/m0/s1. The highest BCUT2D eigenvalue weighted by atomic mass is 79.9. The largest absolute Gasteiger partial charge is 0.357 e. The van der Waals surface area contributed by atoms with Gasteiger partial charge in [-0.1, -0.05) is 39.7 Å². The number of nitrogens with one attached hydrogen (secondary N) is 1. The second-order valence-corrected chi connectivity index (χ2v) is 10.3. The number of carbonyl (C=O) groups excluding carboxylic acids is 2. The molecule has 10 heteroatoms. The lowest BCUT2D eigenvalue weighted by Gasteiger charge is -2.31. The number of anilines is 1. The lowest BCUT2D eigenvalue weighted by molar-refractivity contribution is -0.139. The first-order chi connectivity index (χ1) is 14.4. The van der Waals surface area contributed by atoms with Crippen LogP contribution in [0.3, 0.4) is 0 Å². The Morgan fingerprint density at radius 3 is 2.29 bits per heavy atom. The van der Waals surface area contributed by atoms with Gasteiger partial charge in [-0.2, -0.15) is 0 Å². The van der Waals surface area contributed by atoms with Crippen molar-refractivity contribution in [1.29, 1.82) is 0 Å². The Morgan fingerprint density at radius 1 is 1.16 bits per heavy atom. The van der Waals surface area contributed by atoms with Gasteiger partial charge in [0.05, 0.1) is 11.9 Å². The minimum Gasteiger partial charge on any atom is -0.357 e. The van der Waals surface area contributed by atoms with Crippen LogP contribution in [-0.2, 0) is 26.2 Å². The Balaban J connectivity index is 2.39. The molecule has 168 valence electrons. The summed E-state index contributed by atoms with van der Waals surface area (Å²) in [6.45, 7) is 3.12. The van der Waals surface area contributed by atoms with Gasteiger partial charge in [0.15, 0.2) is 0 Å². The van der Waals surface area contributed by atoms with Crippen molar-refractivity contribution in [3.63, 3.8) is 0 Å². The monoisotopic (exact) mass is 529 g/mol. The predicted molar refractivity (Wildman–Crippen MR) is 127 cm³/mol. The van der Waals surface area contributed by atoms with Crippen LogP contribution in [0, 0.1) is 6.92 Å². The highest BCUT2D eigenvalue weighted by Crippen LogP contribution is 2.25. The molecule has 0 saturated heterocycles. The molecule has 0 bridgehead atoms. The van der Waals surface area contributed by atoms with Gasteiger partial charge >= 0.3 is 0 Å². The van der Waals surface area contributed by atoms with E-state index < -0.39 is 28.5 Å². The molecular weight excluding hydrogens is 506 g/mol. The summed E-state index contributed by atoms with van der Waals surface area (Å²) in [5.74, 6) is -0.857. The lowest BCUT2D eigenvalue weighted by Crippen LogP contribution is -2.50. The van der Waals surface area contributed by atoms with Crippen molar-refractivity contribution in [2.45, 2.75) is 26.4 Å². The number of sulfonamides is 1. The van der Waals surface area contributed by atoms with Gasteiger partial charge in [-0.15, -0.1) is 0 Å². The zero-order chi connectivity index (χ0) is 23.3. The Hall–Kier alpha value is -2.10. The molecule has 0 unspecified atom stereocenters. The van der Waals surface area contributed by atoms with E-state index in [1.54, 1.807) is 49.4 Å². The quantitative estimate of drug-likeness (QED) is 0.567. The number of nitrogens with zero attached hydrogens (tertiary/aromatic N) is 2. The Labute approximate surface area is 196 Å². The van der Waals surface area contributed by atoms with Crippen molar-refractivity contribution in [2.75, 3.05) is 24.2 Å². The number of benzene rings is 2. The average Bonchev–Trinajstić information content (AvgIpc) is 2.71. The van der Waals surface area contributed by atoms with Gasteiger partial charge < -0.3 is 10.2 Å². The van der Waals surface area contributed by atoms with E-state index in [9.17, 15) is 18.0 Å². The molecule has 0 heterocycles. The van der Waals surface area contributed by atoms with Gasteiger partial charge in [0.25, 0.3) is 0 Å². The molecule has 1 atom stereocenters. The van der Waals surface area contributed by atoms with Crippen LogP contribution >= 0.6 is 27.5 Å². The third-order valence-electron chi connectivity index (χ3n) is 4.79. The second-order valence-electron chi connectivity index (χ2n) is 7.14. The van der Waals surface area contributed by atoms with Gasteiger partial charge in [-0.25, -0.2) is 8.42 Å². The fraction of sp³-hybridized carbons (Fsp3) is 0.333. The topological polar surface area (TPSA) is 86.8 Å². The summed E-state index contributed by atoms with van der Waals surface area (Å²) in [5, 5.41) is 3.08. The van der Waals surface area contributed by atoms with Crippen molar-refractivity contribution in [1.82, 2.24) is 10.2 Å². The maximum atomic E-state index is 13.3. The van der Waals surface area contributed by atoms with Crippen LogP contribution in [0.5, 0.6) is 0 Å². The molecule has 0 aliphatic rings. The maximum Gasteiger partial charge on any atom is 0.244 e. The second kappa shape index (κ2) is 10.5. The fourth-order valence-electron chi connectivity index (χ4n) is 2.98. The number of hydrogen-bond acceptors (Lipinski definition) is 4. The first kappa shape index (κ1) is 25.2. The molecule has 7 nitrogen and oxygen atoms in total.